The molecule has 0 bridgehead atoms. The van der Waals surface area contributed by atoms with Crippen molar-refractivity contribution in [2.24, 2.45) is 0 Å². The summed E-state index contributed by atoms with van der Waals surface area (Å²) in [6, 6.07) is 13.6. The number of hydrogen-bond acceptors (Lipinski definition) is 3. The van der Waals surface area contributed by atoms with Crippen LogP contribution in [-0.2, 0) is 4.79 Å². The van der Waals surface area contributed by atoms with E-state index in [0.29, 0.717) is 34.4 Å². The average Bonchev–Trinajstić information content (AvgIpc) is 2.85. The number of nitrogens with one attached hydrogen (secondary N) is 1. The molecule has 0 spiro atoms. The highest BCUT2D eigenvalue weighted by Crippen LogP contribution is 2.31. The largest absolute Gasteiger partial charge is 0.480 e. The van der Waals surface area contributed by atoms with Gasteiger partial charge in [-0.25, -0.2) is 9.18 Å². The van der Waals surface area contributed by atoms with Crippen LogP contribution in [0.2, 0.25) is 5.02 Å². The fourth-order valence-electron chi connectivity index (χ4n) is 4.49. The smallest absolute Gasteiger partial charge is 0.326 e. The number of aryl methyl sites for hydroxylation is 3. The lowest BCUT2D eigenvalue weighted by Gasteiger charge is -2.24. The van der Waals surface area contributed by atoms with E-state index >= 15 is 0 Å². The summed E-state index contributed by atoms with van der Waals surface area (Å²) in [5.74, 6) is -1.55. The molecule has 5 nitrogen and oxygen atoms in total. The van der Waals surface area contributed by atoms with Crippen LogP contribution < -0.4 is 5.32 Å². The van der Waals surface area contributed by atoms with Crippen molar-refractivity contribution in [3.8, 4) is 11.1 Å². The number of halogens is 2. The zero-order valence-corrected chi connectivity index (χ0v) is 22.9. The van der Waals surface area contributed by atoms with Crippen molar-refractivity contribution >= 4 is 29.2 Å². The summed E-state index contributed by atoms with van der Waals surface area (Å²) < 4.78 is 14.9. The van der Waals surface area contributed by atoms with Crippen LogP contribution in [0.25, 0.3) is 11.1 Å². The van der Waals surface area contributed by atoms with Crippen molar-refractivity contribution in [1.82, 2.24) is 4.90 Å². The van der Waals surface area contributed by atoms with Gasteiger partial charge in [-0.15, -0.1) is 0 Å². The molecule has 1 amide bonds. The van der Waals surface area contributed by atoms with Gasteiger partial charge in [0, 0.05) is 41.3 Å². The Kier molecular flexibility index (Phi) is 8.98. The minimum atomic E-state index is -1.08. The Morgan fingerprint density at radius 3 is 2.24 bits per heavy atom. The zero-order chi connectivity index (χ0) is 27.4. The maximum atomic E-state index is 14.9. The first-order chi connectivity index (χ1) is 17.4. The lowest BCUT2D eigenvalue weighted by atomic mass is 9.93. The van der Waals surface area contributed by atoms with Gasteiger partial charge in [0.2, 0.25) is 0 Å². The minimum Gasteiger partial charge on any atom is -0.480 e. The topological polar surface area (TPSA) is 69.6 Å². The Labute approximate surface area is 223 Å². The highest BCUT2D eigenvalue weighted by molar-refractivity contribution is 6.31. The Bertz CT molecular complexity index is 1300. The van der Waals surface area contributed by atoms with Gasteiger partial charge in [0.1, 0.15) is 11.9 Å². The van der Waals surface area contributed by atoms with Crippen molar-refractivity contribution in [1.29, 1.82) is 0 Å². The predicted molar refractivity (Wildman–Crippen MR) is 148 cm³/mol. The second kappa shape index (κ2) is 11.8. The zero-order valence-electron chi connectivity index (χ0n) is 22.2. The summed E-state index contributed by atoms with van der Waals surface area (Å²) in [4.78, 5) is 25.5. The van der Waals surface area contributed by atoms with E-state index in [0.717, 1.165) is 22.7 Å². The number of amides is 1. The van der Waals surface area contributed by atoms with Gasteiger partial charge in [-0.2, -0.15) is 0 Å². The van der Waals surface area contributed by atoms with Crippen LogP contribution in [0.5, 0.6) is 0 Å². The highest BCUT2D eigenvalue weighted by atomic mass is 35.5. The third-order valence-corrected chi connectivity index (χ3v) is 7.41. The minimum absolute atomic E-state index is 0.268. The van der Waals surface area contributed by atoms with Crippen LogP contribution in [0.15, 0.2) is 48.5 Å². The van der Waals surface area contributed by atoms with Crippen LogP contribution in [0, 0.1) is 26.6 Å². The van der Waals surface area contributed by atoms with E-state index in [1.165, 1.54) is 30.5 Å². The van der Waals surface area contributed by atoms with E-state index < -0.39 is 12.0 Å². The number of anilines is 1. The molecule has 0 heterocycles. The van der Waals surface area contributed by atoms with E-state index in [2.05, 4.69) is 18.3 Å². The van der Waals surface area contributed by atoms with Crippen molar-refractivity contribution < 1.29 is 19.1 Å². The Morgan fingerprint density at radius 2 is 1.68 bits per heavy atom. The lowest BCUT2D eigenvalue weighted by Crippen LogP contribution is -2.40. The highest BCUT2D eigenvalue weighted by Gasteiger charge is 2.25. The van der Waals surface area contributed by atoms with Gasteiger partial charge in [-0.05, 0) is 86.2 Å². The van der Waals surface area contributed by atoms with Gasteiger partial charge in [0.05, 0.1) is 0 Å². The molecular weight excluding hydrogens is 491 g/mol. The quantitative estimate of drug-likeness (QED) is 0.310. The first kappa shape index (κ1) is 28.2. The molecule has 0 fully saturated rings. The van der Waals surface area contributed by atoms with E-state index in [-0.39, 0.29) is 17.6 Å². The molecule has 0 unspecified atom stereocenters. The number of carboxylic acids is 1. The molecular formula is C30H34ClFN2O3. The Balaban J connectivity index is 1.86. The van der Waals surface area contributed by atoms with E-state index in [4.69, 9.17) is 11.6 Å². The van der Waals surface area contributed by atoms with E-state index in [1.54, 1.807) is 38.1 Å². The van der Waals surface area contributed by atoms with Crippen LogP contribution in [0.3, 0.4) is 0 Å². The number of hydrogen-bond donors (Lipinski definition) is 2. The normalized spacial score (nSPS) is 12.6. The molecule has 0 saturated carbocycles. The summed E-state index contributed by atoms with van der Waals surface area (Å²) in [5.41, 5.74) is 5.87. The third-order valence-electron chi connectivity index (χ3n) is 6.98. The number of rotatable bonds is 9. The lowest BCUT2D eigenvalue weighted by molar-refractivity contribution is -0.141. The fraction of sp³-hybridized carbons (Fsp3) is 0.333. The van der Waals surface area contributed by atoms with Gasteiger partial charge in [0.25, 0.3) is 5.91 Å². The third kappa shape index (κ3) is 6.31. The Morgan fingerprint density at radius 1 is 1.03 bits per heavy atom. The summed E-state index contributed by atoms with van der Waals surface area (Å²) >= 11 is 6.19. The van der Waals surface area contributed by atoms with Crippen LogP contribution in [0.4, 0.5) is 10.1 Å². The molecule has 3 aromatic carbocycles. The molecule has 0 aromatic heterocycles. The molecule has 0 saturated heterocycles. The van der Waals surface area contributed by atoms with Gasteiger partial charge < -0.3 is 15.3 Å². The number of carboxylic acid groups (broad SMARTS) is 1. The number of carbonyl (C=O) groups is 2. The number of likely N-dealkylation sites (N-methyl/N-ethyl adjacent to an activating group) is 1. The van der Waals surface area contributed by atoms with Crippen LogP contribution in [-0.4, -0.2) is 41.5 Å². The predicted octanol–water partition coefficient (Wildman–Crippen LogP) is 7.22. The second-order valence-corrected chi connectivity index (χ2v) is 10.0. The average molecular weight is 525 g/mol. The molecule has 3 rings (SSSR count). The fourth-order valence-corrected chi connectivity index (χ4v) is 4.61. The summed E-state index contributed by atoms with van der Waals surface area (Å²) in [5, 5.41) is 13.5. The van der Waals surface area contributed by atoms with Crippen LogP contribution in [0.1, 0.15) is 58.8 Å². The number of nitrogens with zero attached hydrogens (tertiary/aromatic N) is 1. The van der Waals surface area contributed by atoms with Gasteiger partial charge >= 0.3 is 5.97 Å². The van der Waals surface area contributed by atoms with Gasteiger partial charge in [-0.1, -0.05) is 42.8 Å². The van der Waals surface area contributed by atoms with Gasteiger partial charge in [0.15, 0.2) is 0 Å². The maximum Gasteiger partial charge on any atom is 0.326 e. The van der Waals surface area contributed by atoms with Crippen molar-refractivity contribution in [2.75, 3.05) is 18.9 Å². The molecule has 0 aliphatic carbocycles. The van der Waals surface area contributed by atoms with Crippen molar-refractivity contribution in [2.45, 2.75) is 53.0 Å². The van der Waals surface area contributed by atoms with Gasteiger partial charge in [-0.3, -0.25) is 4.79 Å². The number of aliphatic carboxylic acids is 1. The number of benzene rings is 3. The van der Waals surface area contributed by atoms with E-state index in [1.807, 2.05) is 19.1 Å². The monoisotopic (exact) mass is 524 g/mol. The molecule has 3 aromatic rings. The molecule has 7 heteroatoms. The molecule has 0 aliphatic heterocycles. The standard InChI is InChI=1S/C30H34ClFN2O3/c1-7-21(22-8-10-26(31)17(2)12-22)16-33-24-9-11-27(32)25(15-24)23-13-18(3)28(19(4)14-23)29(35)34(6)20(5)30(36)37/h8-15,20-21,33H,7,16H2,1-6H3,(H,36,37)/t20-,21-/m0/s1. The second-order valence-electron chi connectivity index (χ2n) is 9.60. The molecule has 0 aliphatic rings. The SMILES string of the molecule is CC[C@@H](CNc1ccc(F)c(-c2cc(C)c(C(=O)N(C)[C@@H](C)C(=O)O)c(C)c2)c1)c1ccc(Cl)c(C)c1. The van der Waals surface area contributed by atoms with Crippen molar-refractivity contribution in [3.05, 3.63) is 87.2 Å². The first-order valence-corrected chi connectivity index (χ1v) is 12.7. The van der Waals surface area contributed by atoms with Crippen molar-refractivity contribution in [3.63, 3.8) is 0 Å². The van der Waals surface area contributed by atoms with Crippen LogP contribution >= 0.6 is 11.6 Å². The molecule has 2 N–H and O–H groups in total. The molecule has 196 valence electrons. The summed E-state index contributed by atoms with van der Waals surface area (Å²) in [6.45, 7) is 9.83. The number of carbonyl (C=O) groups excluding carboxylic acids is 1. The maximum absolute atomic E-state index is 14.9. The van der Waals surface area contributed by atoms with E-state index in [9.17, 15) is 19.1 Å². The molecule has 0 radical (unpaired) electrons. The molecule has 2 atom stereocenters. The summed E-state index contributed by atoms with van der Waals surface area (Å²) in [7, 11) is 1.47. The summed E-state index contributed by atoms with van der Waals surface area (Å²) in [6.07, 6.45) is 0.935. The Hall–Kier alpha value is -3.38. The molecule has 37 heavy (non-hydrogen) atoms. The first-order valence-electron chi connectivity index (χ1n) is 12.4.